The first-order valence-corrected chi connectivity index (χ1v) is 9.09. The van der Waals surface area contributed by atoms with Crippen LogP contribution >= 0.6 is 0 Å². The fraction of sp³-hybridized carbons (Fsp3) is 0.286. The minimum Gasteiger partial charge on any atom is -0.355 e. The van der Waals surface area contributed by atoms with Crippen LogP contribution in [-0.2, 0) is 9.59 Å². The third kappa shape index (κ3) is 5.92. The number of likely N-dealkylation sites (N-methyl/N-ethyl adjacent to an activating group) is 1. The molecular weight excluding hydrogens is 356 g/mol. The molecule has 0 heterocycles. The van der Waals surface area contributed by atoms with Gasteiger partial charge in [-0.3, -0.25) is 14.4 Å². The molecule has 0 fully saturated rings. The van der Waals surface area contributed by atoms with Crippen LogP contribution in [0.2, 0.25) is 0 Å². The van der Waals surface area contributed by atoms with Gasteiger partial charge in [0.1, 0.15) is 0 Å². The van der Waals surface area contributed by atoms with Crippen LogP contribution in [0.3, 0.4) is 0 Å². The predicted octanol–water partition coefficient (Wildman–Crippen LogP) is 0.755. The maximum absolute atomic E-state index is 12.3. The van der Waals surface area contributed by atoms with Gasteiger partial charge in [0, 0.05) is 24.0 Å². The molecule has 0 aliphatic carbocycles. The Morgan fingerprint density at radius 3 is 2.11 bits per heavy atom. The van der Waals surface area contributed by atoms with E-state index >= 15 is 0 Å². The molecule has 28 heavy (non-hydrogen) atoms. The number of hydrogen-bond donors (Lipinski definition) is 4. The molecule has 0 aliphatic rings. The highest BCUT2D eigenvalue weighted by Gasteiger charge is 2.15. The van der Waals surface area contributed by atoms with E-state index in [1.165, 1.54) is 0 Å². The zero-order valence-corrected chi connectivity index (χ0v) is 16.7. The summed E-state index contributed by atoms with van der Waals surface area (Å²) in [6, 6.07) is 12.4. The molecule has 7 nitrogen and oxygen atoms in total. The molecule has 0 saturated heterocycles. The van der Waals surface area contributed by atoms with Gasteiger partial charge in [-0.25, -0.2) is 0 Å². The Kier molecular flexibility index (Phi) is 7.28. The monoisotopic (exact) mass is 383 g/mol. The summed E-state index contributed by atoms with van der Waals surface area (Å²) < 4.78 is 0. The molecule has 1 atom stereocenters. The number of aryl methyl sites for hydroxylation is 1. The van der Waals surface area contributed by atoms with E-state index in [0.717, 1.165) is 21.7 Å². The third-order valence-electron chi connectivity index (χ3n) is 4.46. The highest BCUT2D eigenvalue weighted by atomic mass is 16.2. The summed E-state index contributed by atoms with van der Waals surface area (Å²) in [5, 5.41) is 8.21. The van der Waals surface area contributed by atoms with Crippen LogP contribution in [-0.4, -0.2) is 44.9 Å². The van der Waals surface area contributed by atoms with Crippen molar-refractivity contribution in [1.29, 1.82) is 0 Å². The summed E-state index contributed by atoms with van der Waals surface area (Å²) >= 11 is 0. The molecular formula is C21H27N4O3+. The lowest BCUT2D eigenvalue weighted by molar-refractivity contribution is -0.862. The maximum Gasteiger partial charge on any atom is 0.279 e. The highest BCUT2D eigenvalue weighted by Crippen LogP contribution is 2.17. The van der Waals surface area contributed by atoms with E-state index in [4.69, 9.17) is 0 Å². The number of nitrogens with one attached hydrogen (secondary N) is 4. The number of anilines is 2. The Hall–Kier alpha value is -3.19. The first-order chi connectivity index (χ1) is 13.3. The van der Waals surface area contributed by atoms with Gasteiger partial charge in [0.15, 0.2) is 13.1 Å². The summed E-state index contributed by atoms with van der Waals surface area (Å²) in [5.41, 5.74) is 4.06. The van der Waals surface area contributed by atoms with Crippen LogP contribution in [0.25, 0.3) is 0 Å². The van der Waals surface area contributed by atoms with Gasteiger partial charge in [-0.1, -0.05) is 12.1 Å². The van der Waals surface area contributed by atoms with Crippen LogP contribution in [0.15, 0.2) is 42.5 Å². The minimum absolute atomic E-state index is 0.145. The molecule has 1 unspecified atom stereocenters. The Morgan fingerprint density at radius 1 is 0.893 bits per heavy atom. The number of carbonyl (C=O) groups is 3. The third-order valence-corrected chi connectivity index (χ3v) is 4.46. The normalized spacial score (nSPS) is 11.4. The lowest BCUT2D eigenvalue weighted by atomic mass is 10.1. The Labute approximate surface area is 165 Å². The number of rotatable bonds is 7. The van der Waals surface area contributed by atoms with Gasteiger partial charge in [-0.15, -0.1) is 0 Å². The molecule has 2 aromatic rings. The highest BCUT2D eigenvalue weighted by molar-refractivity contribution is 5.96. The summed E-state index contributed by atoms with van der Waals surface area (Å²) in [6.45, 7) is 4.28. The summed E-state index contributed by atoms with van der Waals surface area (Å²) in [4.78, 5) is 36.7. The van der Waals surface area contributed by atoms with Crippen LogP contribution in [0.5, 0.6) is 0 Å². The lowest BCUT2D eigenvalue weighted by Crippen LogP contribution is -3.11. The van der Waals surface area contributed by atoms with Crippen molar-refractivity contribution in [3.63, 3.8) is 0 Å². The van der Waals surface area contributed by atoms with Crippen molar-refractivity contribution in [2.24, 2.45) is 0 Å². The minimum atomic E-state index is -0.204. The van der Waals surface area contributed by atoms with Crippen molar-refractivity contribution in [2.45, 2.75) is 13.8 Å². The van der Waals surface area contributed by atoms with Crippen molar-refractivity contribution in [1.82, 2.24) is 5.32 Å². The quantitative estimate of drug-likeness (QED) is 0.569. The average Bonchev–Trinajstić information content (AvgIpc) is 2.65. The molecule has 0 aliphatic heterocycles. The van der Waals surface area contributed by atoms with Crippen molar-refractivity contribution >= 4 is 29.1 Å². The Bertz CT molecular complexity index is 862. The van der Waals surface area contributed by atoms with Gasteiger partial charge in [0.25, 0.3) is 17.7 Å². The smallest absolute Gasteiger partial charge is 0.279 e. The number of quaternary nitrogens is 1. The number of amides is 3. The van der Waals surface area contributed by atoms with Gasteiger partial charge in [-0.05, 0) is 55.3 Å². The van der Waals surface area contributed by atoms with E-state index in [1.54, 1.807) is 38.4 Å². The van der Waals surface area contributed by atoms with E-state index in [2.05, 4.69) is 16.0 Å². The van der Waals surface area contributed by atoms with Crippen LogP contribution in [0.1, 0.15) is 21.5 Å². The fourth-order valence-corrected chi connectivity index (χ4v) is 2.75. The van der Waals surface area contributed by atoms with Gasteiger partial charge in [0.05, 0.1) is 7.05 Å². The molecule has 0 spiro atoms. The molecule has 0 saturated carbocycles. The first-order valence-electron chi connectivity index (χ1n) is 9.09. The summed E-state index contributed by atoms with van der Waals surface area (Å²) in [7, 11) is 3.35. The van der Waals surface area contributed by atoms with E-state index < -0.39 is 0 Å². The molecule has 4 N–H and O–H groups in total. The number of benzene rings is 2. The molecule has 0 aromatic heterocycles. The Balaban J connectivity index is 1.84. The van der Waals surface area contributed by atoms with Gasteiger partial charge in [-0.2, -0.15) is 0 Å². The molecule has 0 radical (unpaired) electrons. The molecule has 148 valence electrons. The number of carbonyl (C=O) groups excluding carboxylic acids is 3. The van der Waals surface area contributed by atoms with Crippen LogP contribution < -0.4 is 20.9 Å². The number of hydrogen-bond acceptors (Lipinski definition) is 3. The second kappa shape index (κ2) is 9.66. The molecule has 0 bridgehead atoms. The molecule has 2 rings (SSSR count). The summed E-state index contributed by atoms with van der Waals surface area (Å²) in [5.74, 6) is -0.532. The average molecular weight is 383 g/mol. The molecule has 2 aromatic carbocycles. The van der Waals surface area contributed by atoms with E-state index in [1.807, 2.05) is 32.0 Å². The SMILES string of the molecule is CNC(=O)c1ccc(NC(=O)C[NH+](C)CC(=O)Nc2cccc(C)c2C)cc1. The van der Waals surface area contributed by atoms with Crippen LogP contribution in [0, 0.1) is 13.8 Å². The van der Waals surface area contributed by atoms with E-state index in [-0.39, 0.29) is 30.8 Å². The fourth-order valence-electron chi connectivity index (χ4n) is 2.75. The van der Waals surface area contributed by atoms with Crippen LogP contribution in [0.4, 0.5) is 11.4 Å². The predicted molar refractivity (Wildman–Crippen MR) is 110 cm³/mol. The second-order valence-corrected chi connectivity index (χ2v) is 6.81. The Morgan fingerprint density at radius 2 is 1.50 bits per heavy atom. The zero-order valence-electron chi connectivity index (χ0n) is 16.7. The first kappa shape index (κ1) is 21.1. The van der Waals surface area contributed by atoms with Crippen molar-refractivity contribution < 1.29 is 19.3 Å². The summed E-state index contributed by atoms with van der Waals surface area (Å²) in [6.07, 6.45) is 0. The lowest BCUT2D eigenvalue weighted by Gasteiger charge is -2.15. The van der Waals surface area contributed by atoms with Crippen molar-refractivity contribution in [3.8, 4) is 0 Å². The largest absolute Gasteiger partial charge is 0.355 e. The van der Waals surface area contributed by atoms with Crippen molar-refractivity contribution in [2.75, 3.05) is 37.8 Å². The topological polar surface area (TPSA) is 91.7 Å². The van der Waals surface area contributed by atoms with Gasteiger partial charge in [0.2, 0.25) is 0 Å². The maximum atomic E-state index is 12.3. The van der Waals surface area contributed by atoms with Gasteiger partial charge >= 0.3 is 0 Å². The zero-order chi connectivity index (χ0) is 20.7. The second-order valence-electron chi connectivity index (χ2n) is 6.81. The van der Waals surface area contributed by atoms with E-state index in [0.29, 0.717) is 11.3 Å². The molecule has 3 amide bonds. The van der Waals surface area contributed by atoms with Gasteiger partial charge < -0.3 is 20.9 Å². The van der Waals surface area contributed by atoms with Crippen molar-refractivity contribution in [3.05, 3.63) is 59.2 Å². The van der Waals surface area contributed by atoms with E-state index in [9.17, 15) is 14.4 Å². The standard InChI is InChI=1S/C21H26N4O3/c1-14-6-5-7-18(15(14)2)24-20(27)13-25(4)12-19(26)23-17-10-8-16(9-11-17)21(28)22-3/h5-11H,12-13H2,1-4H3,(H,22,28)(H,23,26)(H,24,27)/p+1. The molecule has 7 heteroatoms.